The zero-order valence-corrected chi connectivity index (χ0v) is 4.66. The Hall–Kier alpha value is 0.650. The number of rotatable bonds is 1. The van der Waals surface area contributed by atoms with Gasteiger partial charge in [0.25, 0.3) is 0 Å². The van der Waals surface area contributed by atoms with E-state index in [0.29, 0.717) is 7.36 Å². The monoisotopic (exact) mass is 94.0 g/mol. The number of hydrogen-bond donors (Lipinski definition) is 0. The first-order valence-electron chi connectivity index (χ1n) is 1.35. The van der Waals surface area contributed by atoms with E-state index in [-0.39, 0.29) is 0 Å². The Kier molecular flexibility index (Phi) is 4.24. The van der Waals surface area contributed by atoms with Crippen molar-refractivity contribution in [3.8, 4) is 0 Å². The molecular formula is C2H7PS. The van der Waals surface area contributed by atoms with E-state index >= 15 is 0 Å². The summed E-state index contributed by atoms with van der Waals surface area (Å²) >= 11 is 4.64. The van der Waals surface area contributed by atoms with Crippen LogP contribution >= 0.6 is 7.36 Å². The Bertz CT molecular complexity index is 20.0. The van der Waals surface area contributed by atoms with Gasteiger partial charge in [0.05, 0.1) is 0 Å². The van der Waals surface area contributed by atoms with Crippen LogP contribution in [0, 0.1) is 0 Å². The minimum absolute atomic E-state index is 0.366. The van der Waals surface area contributed by atoms with Gasteiger partial charge in [-0.3, -0.25) is 0 Å². The van der Waals surface area contributed by atoms with Gasteiger partial charge in [-0.2, -0.15) is 0 Å². The summed E-state index contributed by atoms with van der Waals surface area (Å²) in [5, 5.41) is 0. The van der Waals surface area contributed by atoms with Gasteiger partial charge < -0.3 is 0 Å². The van der Waals surface area contributed by atoms with E-state index < -0.39 is 0 Å². The third-order valence-corrected chi connectivity index (χ3v) is 1.50. The third-order valence-electron chi connectivity index (χ3n) is 0.167. The number of hydrogen-bond acceptors (Lipinski definition) is 1. The zero-order chi connectivity index (χ0) is 3.41. The molecule has 0 N–H and O–H groups in total. The molecule has 1 unspecified atom stereocenters. The van der Waals surface area contributed by atoms with Crippen molar-refractivity contribution in [2.45, 2.75) is 6.92 Å². The van der Waals surface area contributed by atoms with E-state index in [2.05, 4.69) is 18.7 Å². The van der Waals surface area contributed by atoms with Crippen LogP contribution in [0.3, 0.4) is 0 Å². The molecule has 0 aliphatic heterocycles. The minimum Gasteiger partial charge on any atom is -0.104 e. The SMILES string of the molecule is CC[PH2]=S. The van der Waals surface area contributed by atoms with Crippen LogP contribution in [0.5, 0.6) is 0 Å². The Morgan fingerprint density at radius 1 is 2.00 bits per heavy atom. The molecule has 0 amide bonds. The van der Waals surface area contributed by atoms with E-state index in [1.54, 1.807) is 0 Å². The predicted molar refractivity (Wildman–Crippen MR) is 27.6 cm³/mol. The molecule has 0 fully saturated rings. The molecule has 0 rings (SSSR count). The fourth-order valence-electron chi connectivity index (χ4n) is 0. The van der Waals surface area contributed by atoms with Crippen molar-refractivity contribution in [3.05, 3.63) is 0 Å². The lowest BCUT2D eigenvalue weighted by Crippen LogP contribution is -1.39. The van der Waals surface area contributed by atoms with E-state index in [1.165, 1.54) is 6.16 Å². The second-order valence-corrected chi connectivity index (χ2v) is 2.72. The molecule has 4 heavy (non-hydrogen) atoms. The summed E-state index contributed by atoms with van der Waals surface area (Å²) in [5.74, 6) is 0. The van der Waals surface area contributed by atoms with Crippen molar-refractivity contribution in [3.63, 3.8) is 0 Å². The summed E-state index contributed by atoms with van der Waals surface area (Å²) in [4.78, 5) is 0. The molecule has 0 saturated heterocycles. The predicted octanol–water partition coefficient (Wildman–Crippen LogP) is 0.879. The summed E-state index contributed by atoms with van der Waals surface area (Å²) in [6, 6.07) is 0. The lowest BCUT2D eigenvalue weighted by molar-refractivity contribution is 1.53. The summed E-state index contributed by atoms with van der Waals surface area (Å²) in [5.41, 5.74) is 0. The van der Waals surface area contributed by atoms with Gasteiger partial charge in [0.1, 0.15) is 0 Å². The molecule has 0 aliphatic rings. The third kappa shape index (κ3) is 2.65. The quantitative estimate of drug-likeness (QED) is 0.434. The molecule has 0 bridgehead atoms. The molecule has 0 aromatic carbocycles. The average Bonchev–Trinajstić information content (AvgIpc) is 1.37. The fourth-order valence-corrected chi connectivity index (χ4v) is 0. The Labute approximate surface area is 33.1 Å². The van der Waals surface area contributed by atoms with Crippen LogP contribution in [0.4, 0.5) is 0 Å². The van der Waals surface area contributed by atoms with Crippen LogP contribution in [0.15, 0.2) is 0 Å². The molecular weight excluding hydrogens is 87.1 g/mol. The molecule has 2 heteroatoms. The van der Waals surface area contributed by atoms with Gasteiger partial charge in [-0.15, -0.1) is 11.8 Å². The van der Waals surface area contributed by atoms with Gasteiger partial charge >= 0.3 is 0 Å². The minimum atomic E-state index is 0.366. The first-order valence-corrected chi connectivity index (χ1v) is 4.05. The molecule has 0 radical (unpaired) electrons. The topological polar surface area (TPSA) is 0 Å². The Morgan fingerprint density at radius 2 is 2.25 bits per heavy atom. The molecule has 0 aliphatic carbocycles. The fraction of sp³-hybridized carbons (Fsp3) is 1.00. The first-order chi connectivity index (χ1) is 1.91. The van der Waals surface area contributed by atoms with Crippen LogP contribution < -0.4 is 0 Å². The van der Waals surface area contributed by atoms with Crippen LogP contribution in [-0.4, -0.2) is 6.16 Å². The van der Waals surface area contributed by atoms with Crippen molar-refractivity contribution < 1.29 is 0 Å². The van der Waals surface area contributed by atoms with E-state index in [4.69, 9.17) is 0 Å². The maximum Gasteiger partial charge on any atom is -0.0314 e. The van der Waals surface area contributed by atoms with Gasteiger partial charge in [0.2, 0.25) is 0 Å². The average molecular weight is 94.1 g/mol. The molecule has 1 atom stereocenters. The van der Waals surface area contributed by atoms with Gasteiger partial charge in [0.15, 0.2) is 0 Å². The van der Waals surface area contributed by atoms with Crippen molar-refractivity contribution in [1.29, 1.82) is 0 Å². The van der Waals surface area contributed by atoms with Crippen LogP contribution in [-0.2, 0) is 11.8 Å². The largest absolute Gasteiger partial charge is 0.104 e. The highest BCUT2D eigenvalue weighted by atomic mass is 32.4. The molecule has 0 spiro atoms. The molecule has 0 nitrogen and oxygen atoms in total. The molecule has 0 heterocycles. The highest BCUT2D eigenvalue weighted by molar-refractivity contribution is 7.96. The van der Waals surface area contributed by atoms with Crippen molar-refractivity contribution >= 4 is 19.2 Å². The second kappa shape index (κ2) is 3.65. The maximum absolute atomic E-state index is 4.64. The smallest absolute Gasteiger partial charge is 0.0314 e. The highest BCUT2D eigenvalue weighted by Crippen LogP contribution is 1.83. The second-order valence-electron chi connectivity index (χ2n) is 0.575. The summed E-state index contributed by atoms with van der Waals surface area (Å²) in [6.45, 7) is 2.11. The van der Waals surface area contributed by atoms with E-state index in [0.717, 1.165) is 0 Å². The van der Waals surface area contributed by atoms with Crippen molar-refractivity contribution in [1.82, 2.24) is 0 Å². The summed E-state index contributed by atoms with van der Waals surface area (Å²) < 4.78 is 0. The van der Waals surface area contributed by atoms with E-state index in [1.807, 2.05) is 0 Å². The van der Waals surface area contributed by atoms with Crippen LogP contribution in [0.1, 0.15) is 6.92 Å². The normalized spacial score (nSPS) is 10.2. The molecule has 0 aromatic rings. The highest BCUT2D eigenvalue weighted by Gasteiger charge is 1.46. The van der Waals surface area contributed by atoms with E-state index in [9.17, 15) is 0 Å². The Balaban J connectivity index is 2.30. The molecule has 0 saturated carbocycles. The van der Waals surface area contributed by atoms with Crippen molar-refractivity contribution in [2.75, 3.05) is 6.16 Å². The van der Waals surface area contributed by atoms with Gasteiger partial charge in [0, 0.05) is 0 Å². The molecule has 26 valence electrons. The summed E-state index contributed by atoms with van der Waals surface area (Å²) in [7, 11) is 0.366. The standard InChI is InChI=1S/C2H7PS/c1-2-3-4/h2-3H2,1H3. The van der Waals surface area contributed by atoms with Crippen LogP contribution in [0.25, 0.3) is 0 Å². The van der Waals surface area contributed by atoms with Crippen molar-refractivity contribution in [2.24, 2.45) is 0 Å². The molecule has 0 aromatic heterocycles. The Morgan fingerprint density at radius 3 is 2.25 bits per heavy atom. The lowest BCUT2D eigenvalue weighted by atomic mass is 11.0. The van der Waals surface area contributed by atoms with Crippen LogP contribution in [0.2, 0.25) is 0 Å². The summed E-state index contributed by atoms with van der Waals surface area (Å²) in [6.07, 6.45) is 1.22. The van der Waals surface area contributed by atoms with Gasteiger partial charge in [-0.05, 0) is 6.16 Å². The van der Waals surface area contributed by atoms with Gasteiger partial charge in [-0.1, -0.05) is 14.3 Å². The van der Waals surface area contributed by atoms with Gasteiger partial charge in [-0.25, -0.2) is 0 Å². The lowest BCUT2D eigenvalue weighted by Gasteiger charge is -1.56. The zero-order valence-electron chi connectivity index (χ0n) is 2.69. The first kappa shape index (κ1) is 4.65. The maximum atomic E-state index is 4.64.